The summed E-state index contributed by atoms with van der Waals surface area (Å²) < 4.78 is 94.8. The molecule has 0 bridgehead atoms. The highest BCUT2D eigenvalue weighted by molar-refractivity contribution is 5.77. The van der Waals surface area contributed by atoms with Gasteiger partial charge in [-0.1, -0.05) is 6.07 Å². The lowest BCUT2D eigenvalue weighted by atomic mass is 10.1. The fraction of sp³-hybridized carbons (Fsp3) is 0.182. The van der Waals surface area contributed by atoms with Crippen LogP contribution in [-0.4, -0.2) is 36.9 Å². The molecule has 0 spiro atoms. The number of hydrogen-bond donors (Lipinski definition) is 1. The molecule has 0 aliphatic heterocycles. The molecule has 35 heavy (non-hydrogen) atoms. The van der Waals surface area contributed by atoms with Crippen molar-refractivity contribution in [2.75, 3.05) is 5.32 Å². The molecule has 0 saturated heterocycles. The Hall–Kier alpha value is -4.03. The minimum absolute atomic E-state index is 0.0243. The van der Waals surface area contributed by atoms with Crippen molar-refractivity contribution >= 4 is 5.95 Å². The van der Waals surface area contributed by atoms with E-state index >= 15 is 0 Å². The smallest absolute Gasteiger partial charge is 0.349 e. The van der Waals surface area contributed by atoms with Gasteiger partial charge in [-0.25, -0.2) is 19.3 Å². The van der Waals surface area contributed by atoms with E-state index in [9.17, 15) is 30.7 Å². The number of aromatic nitrogens is 5. The first kappa shape index (κ1) is 24.1. The second-order valence-electron chi connectivity index (χ2n) is 7.28. The molecule has 0 saturated carbocycles. The fourth-order valence-electron chi connectivity index (χ4n) is 3.38. The van der Waals surface area contributed by atoms with Crippen molar-refractivity contribution in [3.05, 3.63) is 78.8 Å². The Bertz CT molecular complexity index is 1270. The maximum Gasteiger partial charge on any atom is 0.418 e. The molecule has 0 fully saturated rings. The minimum Gasteiger partial charge on any atom is -0.349 e. The third-order valence-corrected chi connectivity index (χ3v) is 4.86. The topological polar surface area (TPSA) is 68.5 Å². The lowest BCUT2D eigenvalue weighted by Crippen LogP contribution is -2.38. The Balaban J connectivity index is 1.83. The highest BCUT2D eigenvalue weighted by atomic mass is 19.4. The summed E-state index contributed by atoms with van der Waals surface area (Å²) in [7, 11) is 0. The number of pyridine rings is 1. The van der Waals surface area contributed by atoms with E-state index in [-0.39, 0.29) is 34.0 Å². The molecule has 0 amide bonds. The minimum atomic E-state index is -5.68. The van der Waals surface area contributed by atoms with Gasteiger partial charge in [-0.05, 0) is 42.5 Å². The van der Waals surface area contributed by atoms with Crippen LogP contribution in [0, 0.1) is 5.82 Å². The van der Waals surface area contributed by atoms with Crippen molar-refractivity contribution in [2.24, 2.45) is 0 Å². The fourth-order valence-corrected chi connectivity index (χ4v) is 3.38. The number of hydrogen-bond acceptors (Lipinski definition) is 5. The molecule has 13 heteroatoms. The molecular formula is C22H15F7N6. The summed E-state index contributed by atoms with van der Waals surface area (Å²) in [5.41, 5.74) is -0.339. The van der Waals surface area contributed by atoms with E-state index in [0.29, 0.717) is 12.0 Å². The van der Waals surface area contributed by atoms with Crippen LogP contribution in [0.2, 0.25) is 0 Å². The molecule has 4 aromatic rings. The van der Waals surface area contributed by atoms with Crippen LogP contribution in [0.15, 0.2) is 67.3 Å². The zero-order chi connectivity index (χ0) is 25.2. The van der Waals surface area contributed by atoms with Gasteiger partial charge in [-0.15, -0.1) is 0 Å². The van der Waals surface area contributed by atoms with Gasteiger partial charge in [-0.3, -0.25) is 4.98 Å². The second-order valence-corrected chi connectivity index (χ2v) is 7.28. The molecule has 3 heterocycles. The van der Waals surface area contributed by atoms with Gasteiger partial charge in [-0.2, -0.15) is 26.3 Å². The van der Waals surface area contributed by atoms with Crippen molar-refractivity contribution in [2.45, 2.75) is 24.9 Å². The third-order valence-electron chi connectivity index (χ3n) is 4.86. The van der Waals surface area contributed by atoms with Crippen LogP contribution in [0.3, 0.4) is 0 Å². The predicted molar refractivity (Wildman–Crippen MR) is 111 cm³/mol. The number of nitrogens with zero attached hydrogens (tertiary/aromatic N) is 5. The Morgan fingerprint density at radius 3 is 2.17 bits per heavy atom. The predicted octanol–water partition coefficient (Wildman–Crippen LogP) is 5.82. The molecule has 0 aliphatic rings. The molecular weight excluding hydrogens is 481 g/mol. The van der Waals surface area contributed by atoms with Gasteiger partial charge in [0.2, 0.25) is 12.0 Å². The number of halogens is 7. The van der Waals surface area contributed by atoms with Gasteiger partial charge in [0.25, 0.3) is 0 Å². The van der Waals surface area contributed by atoms with E-state index in [1.807, 2.05) is 0 Å². The number of rotatable bonds is 6. The van der Waals surface area contributed by atoms with Gasteiger partial charge >= 0.3 is 12.4 Å². The summed E-state index contributed by atoms with van der Waals surface area (Å²) in [4.78, 5) is 16.0. The van der Waals surface area contributed by atoms with Gasteiger partial charge in [0, 0.05) is 18.0 Å². The first-order chi connectivity index (χ1) is 16.5. The van der Waals surface area contributed by atoms with Crippen LogP contribution in [0.1, 0.15) is 11.7 Å². The molecule has 0 radical (unpaired) electrons. The maximum absolute atomic E-state index is 13.6. The van der Waals surface area contributed by atoms with Crippen LogP contribution in [0.5, 0.6) is 0 Å². The normalized spacial score (nSPS) is 12.2. The summed E-state index contributed by atoms with van der Waals surface area (Å²) in [6, 6.07) is 6.86. The average Bonchev–Trinajstić information content (AvgIpc) is 3.21. The Labute approximate surface area is 193 Å². The van der Waals surface area contributed by atoms with E-state index in [4.69, 9.17) is 0 Å². The molecule has 3 aromatic heterocycles. The largest absolute Gasteiger partial charge is 0.418 e. The molecule has 1 aromatic carbocycles. The van der Waals surface area contributed by atoms with E-state index in [1.54, 1.807) is 24.4 Å². The number of imidazole rings is 1. The standard InChI is InChI=1S/C22H15F7N6/c23-14-6-4-13(5-7-14)17-18(35(12-33-17)19(21(24,25)26)22(27,28)29)16-8-10-31-20(34-16)32-11-15-3-1-2-9-30-15/h1-10,12,19H,11H2,(H,31,32,34). The summed E-state index contributed by atoms with van der Waals surface area (Å²) in [6.07, 6.45) is -8.17. The summed E-state index contributed by atoms with van der Waals surface area (Å²) in [5.74, 6) is -0.692. The third kappa shape index (κ3) is 5.39. The van der Waals surface area contributed by atoms with E-state index in [0.717, 1.165) is 18.2 Å². The van der Waals surface area contributed by atoms with Crippen molar-refractivity contribution in [3.8, 4) is 22.6 Å². The number of alkyl halides is 6. The van der Waals surface area contributed by atoms with Crippen LogP contribution in [-0.2, 0) is 6.54 Å². The van der Waals surface area contributed by atoms with Gasteiger partial charge in [0.1, 0.15) is 5.82 Å². The lowest BCUT2D eigenvalue weighted by molar-refractivity contribution is -0.273. The van der Waals surface area contributed by atoms with Gasteiger partial charge < -0.3 is 9.88 Å². The zero-order valence-corrected chi connectivity index (χ0v) is 17.5. The Kier molecular flexibility index (Phi) is 6.41. The highest BCUT2D eigenvalue weighted by Crippen LogP contribution is 2.46. The molecule has 0 aliphatic carbocycles. The maximum atomic E-state index is 13.6. The van der Waals surface area contributed by atoms with Crippen LogP contribution >= 0.6 is 0 Å². The van der Waals surface area contributed by atoms with Crippen molar-refractivity contribution in [3.63, 3.8) is 0 Å². The molecule has 182 valence electrons. The lowest BCUT2D eigenvalue weighted by Gasteiger charge is -2.25. The van der Waals surface area contributed by atoms with Crippen LogP contribution < -0.4 is 5.32 Å². The SMILES string of the molecule is Fc1ccc(-c2ncn(C(C(F)(F)F)C(F)(F)F)c2-c2ccnc(NCc3ccccn3)n2)cc1. The van der Waals surface area contributed by atoms with Gasteiger partial charge in [0.15, 0.2) is 0 Å². The van der Waals surface area contributed by atoms with Crippen LogP contribution in [0.25, 0.3) is 22.6 Å². The number of anilines is 1. The Morgan fingerprint density at radius 1 is 0.829 bits per heavy atom. The molecule has 1 N–H and O–H groups in total. The van der Waals surface area contributed by atoms with E-state index < -0.39 is 29.9 Å². The van der Waals surface area contributed by atoms with E-state index in [2.05, 4.69) is 25.3 Å². The van der Waals surface area contributed by atoms with Crippen molar-refractivity contribution in [1.82, 2.24) is 24.5 Å². The molecule has 0 atom stereocenters. The molecule has 6 nitrogen and oxygen atoms in total. The summed E-state index contributed by atoms with van der Waals surface area (Å²) in [6.45, 7) is 0.155. The Morgan fingerprint density at radius 2 is 1.54 bits per heavy atom. The number of benzene rings is 1. The van der Waals surface area contributed by atoms with Crippen LogP contribution in [0.4, 0.5) is 36.7 Å². The quantitative estimate of drug-likeness (QED) is 0.341. The van der Waals surface area contributed by atoms with Crippen molar-refractivity contribution < 1.29 is 30.7 Å². The monoisotopic (exact) mass is 496 g/mol. The van der Waals surface area contributed by atoms with E-state index in [1.165, 1.54) is 18.3 Å². The molecule has 4 rings (SSSR count). The first-order valence-electron chi connectivity index (χ1n) is 9.97. The van der Waals surface area contributed by atoms with Gasteiger partial charge in [0.05, 0.1) is 35.6 Å². The van der Waals surface area contributed by atoms with Crippen molar-refractivity contribution in [1.29, 1.82) is 0 Å². The second kappa shape index (κ2) is 9.31. The first-order valence-corrected chi connectivity index (χ1v) is 9.97. The number of nitrogens with one attached hydrogen (secondary N) is 1. The molecule has 0 unspecified atom stereocenters. The summed E-state index contributed by atoms with van der Waals surface area (Å²) >= 11 is 0. The average molecular weight is 496 g/mol. The summed E-state index contributed by atoms with van der Waals surface area (Å²) in [5, 5.41) is 2.83. The zero-order valence-electron chi connectivity index (χ0n) is 17.5. The highest BCUT2D eigenvalue weighted by Gasteiger charge is 2.58.